The predicted octanol–water partition coefficient (Wildman–Crippen LogP) is 3.22. The van der Waals surface area contributed by atoms with E-state index in [4.69, 9.17) is 4.74 Å². The summed E-state index contributed by atoms with van der Waals surface area (Å²) in [6.45, 7) is 4.01. The Bertz CT molecular complexity index is 413. The van der Waals surface area contributed by atoms with Crippen molar-refractivity contribution >= 4 is 11.4 Å². The highest BCUT2D eigenvalue weighted by atomic mass is 16.5. The monoisotopic (exact) mass is 216 g/mol. The van der Waals surface area contributed by atoms with Crippen LogP contribution in [0.5, 0.6) is 5.75 Å². The lowest BCUT2D eigenvalue weighted by Gasteiger charge is -2.10. The lowest BCUT2D eigenvalue weighted by atomic mass is 10.1. The molecule has 2 heteroatoms. The molecule has 0 aromatic heterocycles. The molecule has 0 saturated carbocycles. The molecule has 0 saturated heterocycles. The lowest BCUT2D eigenvalue weighted by Crippen LogP contribution is -2.05. The second-order valence-corrected chi connectivity index (χ2v) is 4.33. The minimum absolute atomic E-state index is 0.193. The molecule has 16 heavy (non-hydrogen) atoms. The van der Waals surface area contributed by atoms with E-state index in [1.807, 2.05) is 38.1 Å². The van der Waals surface area contributed by atoms with Crippen molar-refractivity contribution in [1.29, 1.82) is 0 Å². The van der Waals surface area contributed by atoms with Gasteiger partial charge in [0, 0.05) is 6.42 Å². The minimum Gasteiger partial charge on any atom is -0.491 e. The summed E-state index contributed by atoms with van der Waals surface area (Å²) in [5.74, 6) is 1.11. The number of benzene rings is 1. The Labute approximate surface area is 95.9 Å². The summed E-state index contributed by atoms with van der Waals surface area (Å²) in [4.78, 5) is 11.1. The fourth-order valence-corrected chi connectivity index (χ4v) is 1.84. The Morgan fingerprint density at radius 2 is 1.81 bits per heavy atom. The van der Waals surface area contributed by atoms with E-state index in [1.54, 1.807) is 6.08 Å². The fraction of sp³-hybridized carbons (Fsp3) is 0.357. The molecule has 0 aliphatic heterocycles. The summed E-state index contributed by atoms with van der Waals surface area (Å²) >= 11 is 0. The van der Waals surface area contributed by atoms with Gasteiger partial charge in [-0.25, -0.2) is 0 Å². The fourth-order valence-electron chi connectivity index (χ4n) is 1.84. The molecule has 0 unspecified atom stereocenters. The number of allylic oxidation sites excluding steroid dienone is 2. The smallest absolute Gasteiger partial charge is 0.156 e. The maximum absolute atomic E-state index is 11.1. The topological polar surface area (TPSA) is 26.3 Å². The molecule has 0 N–H and O–H groups in total. The van der Waals surface area contributed by atoms with E-state index in [1.165, 1.54) is 0 Å². The highest BCUT2D eigenvalue weighted by molar-refractivity contribution is 6.01. The molecule has 1 aromatic carbocycles. The van der Waals surface area contributed by atoms with Gasteiger partial charge in [0.1, 0.15) is 5.75 Å². The number of carbonyl (C=O) groups is 1. The van der Waals surface area contributed by atoms with Gasteiger partial charge < -0.3 is 4.74 Å². The van der Waals surface area contributed by atoms with Crippen LogP contribution >= 0.6 is 0 Å². The van der Waals surface area contributed by atoms with Gasteiger partial charge in [-0.15, -0.1) is 0 Å². The maximum atomic E-state index is 11.1. The molecule has 0 radical (unpaired) electrons. The third kappa shape index (κ3) is 2.51. The molecule has 2 rings (SSSR count). The summed E-state index contributed by atoms with van der Waals surface area (Å²) in [7, 11) is 0. The van der Waals surface area contributed by atoms with Crippen molar-refractivity contribution in [3.05, 3.63) is 35.9 Å². The van der Waals surface area contributed by atoms with Crippen LogP contribution < -0.4 is 4.74 Å². The molecule has 0 atom stereocenters. The van der Waals surface area contributed by atoms with Crippen LogP contribution in [0.15, 0.2) is 30.3 Å². The van der Waals surface area contributed by atoms with Gasteiger partial charge in [0.05, 0.1) is 6.10 Å². The van der Waals surface area contributed by atoms with E-state index in [2.05, 4.69) is 0 Å². The molecular weight excluding hydrogens is 200 g/mol. The van der Waals surface area contributed by atoms with Gasteiger partial charge in [-0.2, -0.15) is 0 Å². The van der Waals surface area contributed by atoms with Gasteiger partial charge in [0.2, 0.25) is 0 Å². The van der Waals surface area contributed by atoms with Crippen molar-refractivity contribution in [2.75, 3.05) is 0 Å². The van der Waals surface area contributed by atoms with Crippen molar-refractivity contribution < 1.29 is 9.53 Å². The first-order valence-electron chi connectivity index (χ1n) is 5.65. The zero-order chi connectivity index (χ0) is 11.5. The van der Waals surface area contributed by atoms with E-state index < -0.39 is 0 Å². The summed E-state index contributed by atoms with van der Waals surface area (Å²) in [5, 5.41) is 0. The van der Waals surface area contributed by atoms with E-state index >= 15 is 0 Å². The molecular formula is C14H16O2. The predicted molar refractivity (Wildman–Crippen MR) is 64.4 cm³/mol. The zero-order valence-corrected chi connectivity index (χ0v) is 9.69. The van der Waals surface area contributed by atoms with Crippen LogP contribution in [0.1, 0.15) is 32.3 Å². The molecule has 1 aliphatic carbocycles. The van der Waals surface area contributed by atoms with Crippen LogP contribution in [-0.4, -0.2) is 11.9 Å². The highest BCUT2D eigenvalue weighted by Crippen LogP contribution is 2.27. The molecule has 1 aliphatic rings. The second-order valence-electron chi connectivity index (χ2n) is 4.33. The Hall–Kier alpha value is -1.57. The first-order chi connectivity index (χ1) is 7.65. The summed E-state index contributed by atoms with van der Waals surface area (Å²) in [5.41, 5.74) is 2.27. The Morgan fingerprint density at radius 1 is 1.12 bits per heavy atom. The van der Waals surface area contributed by atoms with Crippen molar-refractivity contribution in [3.8, 4) is 5.75 Å². The van der Waals surface area contributed by atoms with Gasteiger partial charge >= 0.3 is 0 Å². The zero-order valence-electron chi connectivity index (χ0n) is 9.69. The number of carbonyl (C=O) groups excluding carboxylic acids is 1. The standard InChI is InChI=1S/C14H16O2/c1-10(2)16-14-7-4-11(5-8-14)12-3-6-13(15)9-12/h4-5,7-10H,3,6H2,1-2H3. The van der Waals surface area contributed by atoms with Gasteiger partial charge in [-0.1, -0.05) is 12.1 Å². The van der Waals surface area contributed by atoms with Crippen molar-refractivity contribution in [2.24, 2.45) is 0 Å². The molecule has 84 valence electrons. The summed E-state index contributed by atoms with van der Waals surface area (Å²) in [6.07, 6.45) is 3.46. The van der Waals surface area contributed by atoms with Crippen LogP contribution in [0.3, 0.4) is 0 Å². The van der Waals surface area contributed by atoms with Crippen LogP contribution in [-0.2, 0) is 4.79 Å². The number of hydrogen-bond acceptors (Lipinski definition) is 2. The Morgan fingerprint density at radius 3 is 2.31 bits per heavy atom. The number of hydrogen-bond donors (Lipinski definition) is 0. The Balaban J connectivity index is 2.13. The second kappa shape index (κ2) is 4.52. The average molecular weight is 216 g/mol. The van der Waals surface area contributed by atoms with Crippen LogP contribution in [0.4, 0.5) is 0 Å². The van der Waals surface area contributed by atoms with E-state index in [0.29, 0.717) is 6.42 Å². The molecule has 0 bridgehead atoms. The molecule has 0 amide bonds. The van der Waals surface area contributed by atoms with E-state index in [0.717, 1.165) is 23.3 Å². The van der Waals surface area contributed by atoms with Crippen LogP contribution in [0, 0.1) is 0 Å². The molecule has 1 aromatic rings. The Kier molecular flexibility index (Phi) is 3.09. The van der Waals surface area contributed by atoms with Crippen LogP contribution in [0.25, 0.3) is 5.57 Å². The molecule has 0 heterocycles. The van der Waals surface area contributed by atoms with E-state index in [9.17, 15) is 4.79 Å². The highest BCUT2D eigenvalue weighted by Gasteiger charge is 2.13. The molecule has 2 nitrogen and oxygen atoms in total. The molecule has 0 fully saturated rings. The van der Waals surface area contributed by atoms with Gasteiger partial charge in [0.15, 0.2) is 5.78 Å². The third-order valence-corrected chi connectivity index (χ3v) is 2.57. The number of ether oxygens (including phenoxy) is 1. The van der Waals surface area contributed by atoms with E-state index in [-0.39, 0.29) is 11.9 Å². The quantitative estimate of drug-likeness (QED) is 0.775. The lowest BCUT2D eigenvalue weighted by molar-refractivity contribution is -0.114. The number of rotatable bonds is 3. The maximum Gasteiger partial charge on any atom is 0.156 e. The van der Waals surface area contributed by atoms with Gasteiger partial charge in [-0.05, 0) is 49.6 Å². The normalized spacial score (nSPS) is 15.4. The van der Waals surface area contributed by atoms with Crippen LogP contribution in [0.2, 0.25) is 0 Å². The average Bonchev–Trinajstić information content (AvgIpc) is 2.65. The number of ketones is 1. The SMILES string of the molecule is CC(C)Oc1ccc(C2=CC(=O)CC2)cc1. The van der Waals surface area contributed by atoms with Gasteiger partial charge in [-0.3, -0.25) is 4.79 Å². The van der Waals surface area contributed by atoms with Crippen molar-refractivity contribution in [1.82, 2.24) is 0 Å². The summed E-state index contributed by atoms with van der Waals surface area (Å²) < 4.78 is 5.57. The first kappa shape index (κ1) is 10.9. The summed E-state index contributed by atoms with van der Waals surface area (Å²) in [6, 6.07) is 7.95. The first-order valence-corrected chi connectivity index (χ1v) is 5.65. The molecule has 0 spiro atoms. The third-order valence-electron chi connectivity index (χ3n) is 2.57. The van der Waals surface area contributed by atoms with Gasteiger partial charge in [0.25, 0.3) is 0 Å². The van der Waals surface area contributed by atoms with Crippen molar-refractivity contribution in [2.45, 2.75) is 32.8 Å². The van der Waals surface area contributed by atoms with Crippen molar-refractivity contribution in [3.63, 3.8) is 0 Å². The largest absolute Gasteiger partial charge is 0.491 e. The minimum atomic E-state index is 0.193.